The van der Waals surface area contributed by atoms with Gasteiger partial charge in [-0.05, 0) is 54.2 Å². The van der Waals surface area contributed by atoms with Crippen LogP contribution in [-0.4, -0.2) is 5.12 Å². The number of hydrogen-bond acceptors (Lipinski definition) is 4. The Kier molecular flexibility index (Phi) is 3.92. The predicted octanol–water partition coefficient (Wildman–Crippen LogP) is 5.35. The van der Waals surface area contributed by atoms with Gasteiger partial charge in [-0.25, -0.2) is 0 Å². The standard InChI is InChI=1S/C20H12O2S2/c21-19-15-8-4-5-9-17(15)24-18-11-10-13(12-16(18)19)20(22)23-14-6-2-1-3-7-14/h1-12H. The van der Waals surface area contributed by atoms with E-state index in [1.165, 1.54) is 11.8 Å². The Labute approximate surface area is 146 Å². The molecule has 3 aromatic carbocycles. The molecule has 0 aliphatic carbocycles. The van der Waals surface area contributed by atoms with Crippen molar-refractivity contribution in [2.24, 2.45) is 0 Å². The molecule has 0 saturated heterocycles. The largest absolute Gasteiger partial charge is 0.289 e. The molecule has 0 aliphatic rings. The molecule has 0 bridgehead atoms. The van der Waals surface area contributed by atoms with E-state index < -0.39 is 0 Å². The summed E-state index contributed by atoms with van der Waals surface area (Å²) in [5.41, 5.74) is 0.537. The van der Waals surface area contributed by atoms with Crippen LogP contribution in [0.4, 0.5) is 0 Å². The molecule has 1 heterocycles. The normalized spacial score (nSPS) is 11.0. The number of carbonyl (C=O) groups is 1. The van der Waals surface area contributed by atoms with Crippen molar-refractivity contribution < 1.29 is 4.79 Å². The van der Waals surface area contributed by atoms with Crippen molar-refractivity contribution in [2.45, 2.75) is 4.90 Å². The van der Waals surface area contributed by atoms with Crippen LogP contribution in [0.3, 0.4) is 0 Å². The zero-order valence-corrected chi connectivity index (χ0v) is 14.2. The van der Waals surface area contributed by atoms with Gasteiger partial charge in [0.2, 0.25) is 5.12 Å². The summed E-state index contributed by atoms with van der Waals surface area (Å²) in [6, 6.07) is 22.5. The minimum Gasteiger partial charge on any atom is -0.289 e. The van der Waals surface area contributed by atoms with Gasteiger partial charge in [-0.2, -0.15) is 0 Å². The third-order valence-corrected chi connectivity index (χ3v) is 5.85. The summed E-state index contributed by atoms with van der Waals surface area (Å²) in [6.07, 6.45) is 0. The number of thioether (sulfide) groups is 1. The molecule has 4 heteroatoms. The van der Waals surface area contributed by atoms with Crippen molar-refractivity contribution in [3.63, 3.8) is 0 Å². The van der Waals surface area contributed by atoms with Crippen LogP contribution < -0.4 is 5.43 Å². The average Bonchev–Trinajstić information content (AvgIpc) is 2.62. The van der Waals surface area contributed by atoms with Crippen molar-refractivity contribution in [3.05, 3.63) is 88.6 Å². The quantitative estimate of drug-likeness (QED) is 0.362. The SMILES string of the molecule is O=C(Sc1ccccc1)c1ccc2sc3ccccc3c(=O)c2c1. The van der Waals surface area contributed by atoms with Crippen LogP contribution in [0.1, 0.15) is 10.4 Å². The molecule has 0 spiro atoms. The molecule has 2 nitrogen and oxygen atoms in total. The molecule has 116 valence electrons. The Morgan fingerprint density at radius 1 is 0.792 bits per heavy atom. The van der Waals surface area contributed by atoms with Gasteiger partial charge in [0.25, 0.3) is 0 Å². The second-order valence-corrected chi connectivity index (χ2v) is 7.47. The molecule has 0 amide bonds. The fraction of sp³-hybridized carbons (Fsp3) is 0. The van der Waals surface area contributed by atoms with Gasteiger partial charge in [0.05, 0.1) is 0 Å². The minimum atomic E-state index is -0.0549. The highest BCUT2D eigenvalue weighted by Gasteiger charge is 2.12. The maximum absolute atomic E-state index is 12.7. The Morgan fingerprint density at radius 2 is 1.50 bits per heavy atom. The van der Waals surface area contributed by atoms with Gasteiger partial charge in [-0.15, -0.1) is 11.3 Å². The van der Waals surface area contributed by atoms with E-state index in [-0.39, 0.29) is 10.5 Å². The highest BCUT2D eigenvalue weighted by atomic mass is 32.2. The van der Waals surface area contributed by atoms with E-state index in [1.807, 2.05) is 60.7 Å². The first kappa shape index (κ1) is 15.1. The highest BCUT2D eigenvalue weighted by molar-refractivity contribution is 8.14. The summed E-state index contributed by atoms with van der Waals surface area (Å²) in [5.74, 6) is 0. The smallest absolute Gasteiger partial charge is 0.224 e. The molecule has 0 atom stereocenters. The van der Waals surface area contributed by atoms with Crippen LogP contribution in [0.15, 0.2) is 82.5 Å². The minimum absolute atomic E-state index is 0.0151. The van der Waals surface area contributed by atoms with Crippen molar-refractivity contribution >= 4 is 48.4 Å². The van der Waals surface area contributed by atoms with Crippen LogP contribution in [0, 0.1) is 0 Å². The van der Waals surface area contributed by atoms with Crippen molar-refractivity contribution in [1.29, 1.82) is 0 Å². The Hall–Kier alpha value is -2.43. The first-order chi connectivity index (χ1) is 11.7. The Bertz CT molecular complexity index is 1110. The maximum Gasteiger partial charge on any atom is 0.224 e. The summed E-state index contributed by atoms with van der Waals surface area (Å²) in [4.78, 5) is 26.1. The fourth-order valence-corrected chi connectivity index (χ4v) is 4.39. The zero-order valence-electron chi connectivity index (χ0n) is 12.6. The number of carbonyl (C=O) groups excluding carboxylic acids is 1. The molecule has 1 aromatic heterocycles. The van der Waals surface area contributed by atoms with Gasteiger partial charge in [0.15, 0.2) is 5.43 Å². The van der Waals surface area contributed by atoms with Gasteiger partial charge in [-0.3, -0.25) is 9.59 Å². The van der Waals surface area contributed by atoms with Gasteiger partial charge in [0.1, 0.15) is 0 Å². The monoisotopic (exact) mass is 348 g/mol. The second-order valence-electron chi connectivity index (χ2n) is 5.34. The summed E-state index contributed by atoms with van der Waals surface area (Å²) >= 11 is 2.75. The maximum atomic E-state index is 12.7. The second kappa shape index (κ2) is 6.23. The van der Waals surface area contributed by atoms with E-state index in [2.05, 4.69) is 0 Å². The lowest BCUT2D eigenvalue weighted by Crippen LogP contribution is -2.02. The first-order valence-electron chi connectivity index (χ1n) is 7.45. The third kappa shape index (κ3) is 2.75. The first-order valence-corrected chi connectivity index (χ1v) is 9.08. The summed E-state index contributed by atoms with van der Waals surface area (Å²) in [7, 11) is 0. The molecule has 0 unspecified atom stereocenters. The van der Waals surface area contributed by atoms with E-state index in [9.17, 15) is 9.59 Å². The Morgan fingerprint density at radius 3 is 2.33 bits per heavy atom. The number of rotatable bonds is 2. The number of fused-ring (bicyclic) bond motifs is 2. The summed E-state index contributed by atoms with van der Waals surface area (Å²) in [5, 5.41) is 1.26. The van der Waals surface area contributed by atoms with Gasteiger partial charge in [0, 0.05) is 30.6 Å². The van der Waals surface area contributed by atoms with Crippen molar-refractivity contribution in [1.82, 2.24) is 0 Å². The molecular formula is C20H12O2S2. The van der Waals surface area contributed by atoms with Crippen LogP contribution in [0.5, 0.6) is 0 Å². The van der Waals surface area contributed by atoms with Gasteiger partial charge < -0.3 is 0 Å². The fourth-order valence-electron chi connectivity index (χ4n) is 2.58. The summed E-state index contributed by atoms with van der Waals surface area (Å²) < 4.78 is 1.87. The molecular weight excluding hydrogens is 336 g/mol. The average molecular weight is 348 g/mol. The van der Waals surface area contributed by atoms with Crippen LogP contribution >= 0.6 is 23.1 Å². The zero-order chi connectivity index (χ0) is 16.5. The van der Waals surface area contributed by atoms with Crippen LogP contribution in [0.25, 0.3) is 20.2 Å². The third-order valence-electron chi connectivity index (χ3n) is 3.77. The van der Waals surface area contributed by atoms with Crippen LogP contribution in [0.2, 0.25) is 0 Å². The molecule has 0 radical (unpaired) electrons. The molecule has 0 saturated carbocycles. The van der Waals surface area contributed by atoms with E-state index >= 15 is 0 Å². The molecule has 4 rings (SSSR count). The topological polar surface area (TPSA) is 34.1 Å². The molecule has 4 aromatic rings. The number of benzene rings is 3. The van der Waals surface area contributed by atoms with E-state index in [4.69, 9.17) is 0 Å². The van der Waals surface area contributed by atoms with Crippen LogP contribution in [-0.2, 0) is 0 Å². The number of hydrogen-bond donors (Lipinski definition) is 0. The Balaban J connectivity index is 1.80. The van der Waals surface area contributed by atoms with E-state index in [1.54, 1.807) is 23.5 Å². The van der Waals surface area contributed by atoms with Crippen molar-refractivity contribution in [3.8, 4) is 0 Å². The molecule has 0 fully saturated rings. The lowest BCUT2D eigenvalue weighted by atomic mass is 10.1. The van der Waals surface area contributed by atoms with E-state index in [0.717, 1.165) is 14.3 Å². The van der Waals surface area contributed by atoms with E-state index in [0.29, 0.717) is 16.3 Å². The highest BCUT2D eigenvalue weighted by Crippen LogP contribution is 2.28. The lowest BCUT2D eigenvalue weighted by molar-refractivity contribution is 0.108. The molecule has 0 N–H and O–H groups in total. The lowest BCUT2D eigenvalue weighted by Gasteiger charge is -2.04. The van der Waals surface area contributed by atoms with Gasteiger partial charge in [-0.1, -0.05) is 30.3 Å². The van der Waals surface area contributed by atoms with Crippen molar-refractivity contribution in [2.75, 3.05) is 0 Å². The summed E-state index contributed by atoms with van der Waals surface area (Å²) in [6.45, 7) is 0. The predicted molar refractivity (Wildman–Crippen MR) is 102 cm³/mol. The molecule has 0 aliphatic heterocycles. The molecule has 24 heavy (non-hydrogen) atoms. The van der Waals surface area contributed by atoms with Gasteiger partial charge >= 0.3 is 0 Å².